The molecule has 3 rings (SSSR count). The standard InChI is InChI=1S/C17H18Cl2O4S2/c1-24-17-15(22)13(20)14(21)16(23-17)8-2-4-11(18)9(6-8)7-10-3-5-12(19)25-10/h2-6,13-17,20-22H,7H2,1H3/t13-,14-,15+,16?,17-/m1/s1. The lowest BCUT2D eigenvalue weighted by molar-refractivity contribution is -0.200. The van der Waals surface area contributed by atoms with Crippen molar-refractivity contribution in [2.24, 2.45) is 0 Å². The van der Waals surface area contributed by atoms with Crippen LogP contribution in [0, 0.1) is 0 Å². The molecule has 3 N–H and O–H groups in total. The average Bonchev–Trinajstić information content (AvgIpc) is 3.00. The summed E-state index contributed by atoms with van der Waals surface area (Å²) in [6.45, 7) is 0. The number of aliphatic hydroxyl groups is 3. The van der Waals surface area contributed by atoms with E-state index < -0.39 is 29.9 Å². The lowest BCUT2D eigenvalue weighted by Crippen LogP contribution is -2.52. The van der Waals surface area contributed by atoms with Crippen molar-refractivity contribution in [2.75, 3.05) is 6.26 Å². The molecule has 1 unspecified atom stereocenters. The Morgan fingerprint density at radius 3 is 2.48 bits per heavy atom. The topological polar surface area (TPSA) is 69.9 Å². The lowest BCUT2D eigenvalue weighted by Gasteiger charge is -2.40. The molecule has 0 radical (unpaired) electrons. The minimum absolute atomic E-state index is 0.612. The van der Waals surface area contributed by atoms with E-state index in [9.17, 15) is 15.3 Å². The molecule has 0 bridgehead atoms. The average molecular weight is 421 g/mol. The highest BCUT2D eigenvalue weighted by atomic mass is 35.5. The monoisotopic (exact) mass is 420 g/mol. The molecule has 2 heterocycles. The fourth-order valence-corrected chi connectivity index (χ4v) is 4.83. The van der Waals surface area contributed by atoms with Crippen LogP contribution in [0.15, 0.2) is 30.3 Å². The van der Waals surface area contributed by atoms with Crippen LogP contribution in [-0.2, 0) is 11.2 Å². The molecular formula is C17H18Cl2O4S2. The first-order chi connectivity index (χ1) is 11.9. The Hall–Kier alpha value is -0.310. The summed E-state index contributed by atoms with van der Waals surface area (Å²) in [5.41, 5.74) is 0.980. The van der Waals surface area contributed by atoms with Crippen LogP contribution < -0.4 is 0 Å². The van der Waals surface area contributed by atoms with Gasteiger partial charge >= 0.3 is 0 Å². The van der Waals surface area contributed by atoms with Gasteiger partial charge in [-0.3, -0.25) is 0 Å². The number of thioether (sulfide) groups is 1. The van der Waals surface area contributed by atoms with Gasteiger partial charge in [0.25, 0.3) is 0 Å². The van der Waals surface area contributed by atoms with E-state index in [-0.39, 0.29) is 0 Å². The number of benzene rings is 1. The van der Waals surface area contributed by atoms with Crippen LogP contribution in [0.4, 0.5) is 0 Å². The lowest BCUT2D eigenvalue weighted by atomic mass is 9.93. The predicted octanol–water partition coefficient (Wildman–Crippen LogP) is 3.49. The van der Waals surface area contributed by atoms with E-state index in [1.165, 1.54) is 23.1 Å². The number of aliphatic hydroxyl groups excluding tert-OH is 3. The maximum atomic E-state index is 10.3. The molecular weight excluding hydrogens is 403 g/mol. The van der Waals surface area contributed by atoms with Crippen molar-refractivity contribution >= 4 is 46.3 Å². The van der Waals surface area contributed by atoms with E-state index in [0.717, 1.165) is 10.4 Å². The Kier molecular flexibility index (Phi) is 6.34. The summed E-state index contributed by atoms with van der Waals surface area (Å²) in [5.74, 6) is 0. The summed E-state index contributed by atoms with van der Waals surface area (Å²) < 4.78 is 6.52. The number of ether oxygens (including phenoxy) is 1. The van der Waals surface area contributed by atoms with Crippen molar-refractivity contribution < 1.29 is 20.1 Å². The summed E-state index contributed by atoms with van der Waals surface area (Å²) in [5, 5.41) is 31.0. The number of rotatable bonds is 4. The van der Waals surface area contributed by atoms with Gasteiger partial charge in [-0.25, -0.2) is 0 Å². The summed E-state index contributed by atoms with van der Waals surface area (Å²) in [7, 11) is 0. The molecule has 4 nitrogen and oxygen atoms in total. The first-order valence-corrected chi connectivity index (χ1v) is 10.5. The van der Waals surface area contributed by atoms with Crippen LogP contribution in [-0.4, -0.2) is 45.3 Å². The van der Waals surface area contributed by atoms with Gasteiger partial charge in [0.2, 0.25) is 0 Å². The maximum Gasteiger partial charge on any atom is 0.132 e. The number of hydrogen-bond donors (Lipinski definition) is 3. The number of halogens is 2. The molecule has 0 saturated carbocycles. The van der Waals surface area contributed by atoms with E-state index in [4.69, 9.17) is 27.9 Å². The van der Waals surface area contributed by atoms with Crippen LogP contribution in [0.2, 0.25) is 9.36 Å². The smallest absolute Gasteiger partial charge is 0.132 e. The van der Waals surface area contributed by atoms with Gasteiger partial charge in [0.15, 0.2) is 0 Å². The van der Waals surface area contributed by atoms with Crippen LogP contribution >= 0.6 is 46.3 Å². The Labute approximate surface area is 164 Å². The molecule has 2 aromatic rings. The van der Waals surface area contributed by atoms with Gasteiger partial charge < -0.3 is 20.1 Å². The first kappa shape index (κ1) is 19.5. The van der Waals surface area contributed by atoms with E-state index in [1.807, 2.05) is 18.2 Å². The van der Waals surface area contributed by atoms with Crippen molar-refractivity contribution in [2.45, 2.75) is 36.3 Å². The minimum Gasteiger partial charge on any atom is -0.387 e. The third kappa shape index (κ3) is 4.17. The molecule has 1 fully saturated rings. The van der Waals surface area contributed by atoms with Crippen molar-refractivity contribution in [3.8, 4) is 0 Å². The van der Waals surface area contributed by atoms with Gasteiger partial charge in [0.1, 0.15) is 29.9 Å². The molecule has 1 saturated heterocycles. The van der Waals surface area contributed by atoms with Gasteiger partial charge in [-0.1, -0.05) is 35.3 Å². The fourth-order valence-electron chi connectivity index (χ4n) is 2.86. The molecule has 25 heavy (non-hydrogen) atoms. The zero-order chi connectivity index (χ0) is 18.1. The zero-order valence-electron chi connectivity index (χ0n) is 13.3. The quantitative estimate of drug-likeness (QED) is 0.705. The van der Waals surface area contributed by atoms with E-state index in [1.54, 1.807) is 18.4 Å². The van der Waals surface area contributed by atoms with Crippen LogP contribution in [0.5, 0.6) is 0 Å². The predicted molar refractivity (Wildman–Crippen MR) is 103 cm³/mol. The molecule has 1 aliphatic rings. The Balaban J connectivity index is 1.88. The van der Waals surface area contributed by atoms with E-state index in [0.29, 0.717) is 21.3 Å². The van der Waals surface area contributed by atoms with Gasteiger partial charge in [-0.2, -0.15) is 0 Å². The normalized spacial score (nSPS) is 29.8. The third-order valence-electron chi connectivity index (χ3n) is 4.19. The summed E-state index contributed by atoms with van der Waals surface area (Å²) in [6, 6.07) is 9.18. The molecule has 136 valence electrons. The minimum atomic E-state index is -1.27. The molecule has 5 atom stereocenters. The van der Waals surface area contributed by atoms with Crippen molar-refractivity contribution in [1.82, 2.24) is 0 Å². The second-order valence-corrected chi connectivity index (χ2v) is 9.01. The SMILES string of the molecule is CS[C@H]1OC(c2ccc(Cl)c(Cc3ccc(Cl)s3)c2)[C@H](O)[C@@H](O)[C@@H]1O. The van der Waals surface area contributed by atoms with E-state index in [2.05, 4.69) is 0 Å². The molecule has 8 heteroatoms. The van der Waals surface area contributed by atoms with Crippen molar-refractivity contribution in [1.29, 1.82) is 0 Å². The molecule has 0 spiro atoms. The highest BCUT2D eigenvalue weighted by molar-refractivity contribution is 7.99. The second kappa shape index (κ2) is 8.15. The van der Waals surface area contributed by atoms with Gasteiger partial charge in [-0.05, 0) is 35.6 Å². The van der Waals surface area contributed by atoms with E-state index >= 15 is 0 Å². The number of thiophene rings is 1. The van der Waals surface area contributed by atoms with Crippen molar-refractivity contribution in [3.63, 3.8) is 0 Å². The number of hydrogen-bond acceptors (Lipinski definition) is 6. The highest BCUT2D eigenvalue weighted by Gasteiger charge is 2.44. The fraction of sp³-hybridized carbons (Fsp3) is 0.412. The van der Waals surface area contributed by atoms with Gasteiger partial charge in [-0.15, -0.1) is 23.1 Å². The third-order valence-corrected chi connectivity index (χ3v) is 6.65. The Bertz CT molecular complexity index is 737. The van der Waals surface area contributed by atoms with Gasteiger partial charge in [0, 0.05) is 16.3 Å². The molecule has 0 aliphatic carbocycles. The first-order valence-electron chi connectivity index (χ1n) is 7.65. The van der Waals surface area contributed by atoms with Crippen molar-refractivity contribution in [3.05, 3.63) is 55.7 Å². The Morgan fingerprint density at radius 1 is 1.08 bits per heavy atom. The second-order valence-electron chi connectivity index (χ2n) is 5.87. The largest absolute Gasteiger partial charge is 0.387 e. The molecule has 1 aliphatic heterocycles. The molecule has 1 aromatic heterocycles. The Morgan fingerprint density at radius 2 is 1.84 bits per heavy atom. The van der Waals surface area contributed by atoms with Crippen LogP contribution in [0.1, 0.15) is 22.1 Å². The maximum absolute atomic E-state index is 10.3. The zero-order valence-corrected chi connectivity index (χ0v) is 16.4. The highest BCUT2D eigenvalue weighted by Crippen LogP contribution is 2.37. The summed E-state index contributed by atoms with van der Waals surface area (Å²) in [6.07, 6.45) is -1.97. The summed E-state index contributed by atoms with van der Waals surface area (Å²) >= 11 is 15.1. The van der Waals surface area contributed by atoms with Crippen LogP contribution in [0.3, 0.4) is 0 Å². The van der Waals surface area contributed by atoms with Gasteiger partial charge in [0.05, 0.1) is 4.34 Å². The summed E-state index contributed by atoms with van der Waals surface area (Å²) in [4.78, 5) is 1.08. The van der Waals surface area contributed by atoms with Crippen LogP contribution in [0.25, 0.3) is 0 Å². The molecule has 0 amide bonds. The molecule has 1 aromatic carbocycles.